The zero-order valence-corrected chi connectivity index (χ0v) is 13.5. The van der Waals surface area contributed by atoms with Gasteiger partial charge in [-0.2, -0.15) is 0 Å². The standard InChI is InChI=1S/C19H16ClNO2/c1-13-6-2-3-7-14(13)11-18(22)23-12-16-10-15-8-4-5-9-17(15)21-19(16)20/h2-10H,11-12H2,1H3. The molecule has 0 saturated carbocycles. The zero-order chi connectivity index (χ0) is 16.2. The van der Waals surface area contributed by atoms with E-state index in [1.165, 1.54) is 0 Å². The zero-order valence-electron chi connectivity index (χ0n) is 12.8. The molecule has 2 aromatic carbocycles. The predicted octanol–water partition coefficient (Wildman–Crippen LogP) is 4.48. The van der Waals surface area contributed by atoms with E-state index in [9.17, 15) is 4.79 Å². The summed E-state index contributed by atoms with van der Waals surface area (Å²) in [5.74, 6) is -0.275. The summed E-state index contributed by atoms with van der Waals surface area (Å²) in [7, 11) is 0. The summed E-state index contributed by atoms with van der Waals surface area (Å²) in [6, 6.07) is 17.4. The Morgan fingerprint density at radius 1 is 1.09 bits per heavy atom. The first kappa shape index (κ1) is 15.5. The van der Waals surface area contributed by atoms with E-state index < -0.39 is 0 Å². The Bertz CT molecular complexity index is 861. The number of hydrogen-bond acceptors (Lipinski definition) is 3. The van der Waals surface area contributed by atoms with Gasteiger partial charge in [0.1, 0.15) is 11.8 Å². The van der Waals surface area contributed by atoms with Crippen molar-refractivity contribution in [2.75, 3.05) is 0 Å². The number of rotatable bonds is 4. The van der Waals surface area contributed by atoms with Crippen molar-refractivity contribution in [3.63, 3.8) is 0 Å². The molecule has 0 aliphatic heterocycles. The van der Waals surface area contributed by atoms with Crippen LogP contribution in [-0.4, -0.2) is 11.0 Å². The second kappa shape index (κ2) is 6.80. The molecule has 0 radical (unpaired) electrons. The van der Waals surface area contributed by atoms with Crippen LogP contribution in [0.2, 0.25) is 5.15 Å². The third-order valence-electron chi connectivity index (χ3n) is 3.73. The molecule has 0 bridgehead atoms. The van der Waals surface area contributed by atoms with E-state index >= 15 is 0 Å². The van der Waals surface area contributed by atoms with Gasteiger partial charge in [-0.15, -0.1) is 0 Å². The van der Waals surface area contributed by atoms with Gasteiger partial charge in [-0.3, -0.25) is 4.79 Å². The maximum absolute atomic E-state index is 12.0. The quantitative estimate of drug-likeness (QED) is 0.524. The molecule has 0 amide bonds. The maximum Gasteiger partial charge on any atom is 0.310 e. The Morgan fingerprint density at radius 2 is 1.83 bits per heavy atom. The number of carbonyl (C=O) groups excluding carboxylic acids is 1. The van der Waals surface area contributed by atoms with Crippen LogP contribution >= 0.6 is 11.6 Å². The van der Waals surface area contributed by atoms with Gasteiger partial charge in [0, 0.05) is 10.9 Å². The van der Waals surface area contributed by atoms with Gasteiger partial charge in [-0.1, -0.05) is 54.1 Å². The first-order valence-electron chi connectivity index (χ1n) is 7.38. The topological polar surface area (TPSA) is 39.2 Å². The number of aryl methyl sites for hydroxylation is 1. The molecule has 3 aromatic rings. The summed E-state index contributed by atoms with van der Waals surface area (Å²) in [5.41, 5.74) is 3.59. The molecule has 3 rings (SSSR count). The number of aromatic nitrogens is 1. The first-order valence-corrected chi connectivity index (χ1v) is 7.75. The highest BCUT2D eigenvalue weighted by molar-refractivity contribution is 6.30. The van der Waals surface area contributed by atoms with Crippen molar-refractivity contribution in [3.05, 3.63) is 76.4 Å². The molecule has 0 aliphatic rings. The minimum Gasteiger partial charge on any atom is -0.460 e. The molecule has 0 N–H and O–H groups in total. The van der Waals surface area contributed by atoms with Crippen LogP contribution in [0.1, 0.15) is 16.7 Å². The van der Waals surface area contributed by atoms with Crippen LogP contribution in [0, 0.1) is 6.92 Å². The lowest BCUT2D eigenvalue weighted by Gasteiger charge is -2.09. The number of pyridine rings is 1. The van der Waals surface area contributed by atoms with Crippen LogP contribution < -0.4 is 0 Å². The third kappa shape index (κ3) is 3.69. The van der Waals surface area contributed by atoms with Crippen LogP contribution in [0.5, 0.6) is 0 Å². The van der Waals surface area contributed by atoms with E-state index in [0.29, 0.717) is 10.7 Å². The van der Waals surface area contributed by atoms with Crippen molar-refractivity contribution in [1.29, 1.82) is 0 Å². The van der Waals surface area contributed by atoms with Crippen LogP contribution in [0.3, 0.4) is 0 Å². The van der Waals surface area contributed by atoms with E-state index in [-0.39, 0.29) is 19.0 Å². The number of fused-ring (bicyclic) bond motifs is 1. The second-order valence-electron chi connectivity index (χ2n) is 5.39. The van der Waals surface area contributed by atoms with E-state index in [2.05, 4.69) is 4.98 Å². The number of carbonyl (C=O) groups is 1. The molecule has 0 fully saturated rings. The van der Waals surface area contributed by atoms with Gasteiger partial charge in [0.25, 0.3) is 0 Å². The summed E-state index contributed by atoms with van der Waals surface area (Å²) in [6.07, 6.45) is 0.255. The summed E-state index contributed by atoms with van der Waals surface area (Å²) in [4.78, 5) is 16.4. The molecule has 116 valence electrons. The lowest BCUT2D eigenvalue weighted by molar-refractivity contribution is -0.144. The molecular formula is C19H16ClNO2. The molecule has 1 aromatic heterocycles. The fraction of sp³-hybridized carbons (Fsp3) is 0.158. The molecule has 0 saturated heterocycles. The largest absolute Gasteiger partial charge is 0.460 e. The van der Waals surface area contributed by atoms with E-state index in [4.69, 9.17) is 16.3 Å². The normalized spacial score (nSPS) is 10.7. The van der Waals surface area contributed by atoms with Gasteiger partial charge in [0.15, 0.2) is 0 Å². The van der Waals surface area contributed by atoms with Crippen molar-refractivity contribution in [1.82, 2.24) is 4.98 Å². The number of halogens is 1. The molecular weight excluding hydrogens is 310 g/mol. The SMILES string of the molecule is Cc1ccccc1CC(=O)OCc1cc2ccccc2nc1Cl. The highest BCUT2D eigenvalue weighted by Crippen LogP contribution is 2.21. The molecule has 0 unspecified atom stereocenters. The number of ether oxygens (including phenoxy) is 1. The molecule has 3 nitrogen and oxygen atoms in total. The van der Waals surface area contributed by atoms with Crippen molar-refractivity contribution >= 4 is 28.5 Å². The van der Waals surface area contributed by atoms with Gasteiger partial charge in [0.2, 0.25) is 0 Å². The van der Waals surface area contributed by atoms with E-state index in [1.54, 1.807) is 0 Å². The van der Waals surface area contributed by atoms with Gasteiger partial charge in [-0.05, 0) is 30.2 Å². The average molecular weight is 326 g/mol. The Kier molecular flexibility index (Phi) is 4.58. The van der Waals surface area contributed by atoms with Crippen molar-refractivity contribution < 1.29 is 9.53 Å². The fourth-order valence-electron chi connectivity index (χ4n) is 2.41. The first-order chi connectivity index (χ1) is 11.1. The number of benzene rings is 2. The average Bonchev–Trinajstić information content (AvgIpc) is 2.55. The molecule has 23 heavy (non-hydrogen) atoms. The molecule has 1 heterocycles. The summed E-state index contributed by atoms with van der Waals surface area (Å²) in [5, 5.41) is 1.34. The number of nitrogens with zero attached hydrogens (tertiary/aromatic N) is 1. The van der Waals surface area contributed by atoms with Crippen LogP contribution in [0.15, 0.2) is 54.6 Å². The van der Waals surface area contributed by atoms with Gasteiger partial charge >= 0.3 is 5.97 Å². The van der Waals surface area contributed by atoms with Crippen LogP contribution in [0.4, 0.5) is 0 Å². The number of hydrogen-bond donors (Lipinski definition) is 0. The Balaban J connectivity index is 1.69. The molecule has 0 spiro atoms. The van der Waals surface area contributed by atoms with Crippen molar-refractivity contribution in [2.24, 2.45) is 0 Å². The van der Waals surface area contributed by atoms with Gasteiger partial charge in [0.05, 0.1) is 11.9 Å². The third-order valence-corrected chi connectivity index (χ3v) is 4.06. The maximum atomic E-state index is 12.0. The predicted molar refractivity (Wildman–Crippen MR) is 91.4 cm³/mol. The molecule has 4 heteroatoms. The second-order valence-corrected chi connectivity index (χ2v) is 5.75. The number of para-hydroxylation sites is 1. The summed E-state index contributed by atoms with van der Waals surface area (Å²) in [6.45, 7) is 2.11. The Labute approximate surface area is 139 Å². The highest BCUT2D eigenvalue weighted by atomic mass is 35.5. The highest BCUT2D eigenvalue weighted by Gasteiger charge is 2.10. The van der Waals surface area contributed by atoms with Crippen LogP contribution in [-0.2, 0) is 22.6 Å². The monoisotopic (exact) mass is 325 g/mol. The smallest absolute Gasteiger partial charge is 0.310 e. The van der Waals surface area contributed by atoms with Crippen molar-refractivity contribution in [3.8, 4) is 0 Å². The molecule has 0 atom stereocenters. The van der Waals surface area contributed by atoms with Crippen LogP contribution in [0.25, 0.3) is 10.9 Å². The minimum atomic E-state index is -0.275. The summed E-state index contributed by atoms with van der Waals surface area (Å²) >= 11 is 6.17. The summed E-state index contributed by atoms with van der Waals surface area (Å²) < 4.78 is 5.35. The fourth-order valence-corrected chi connectivity index (χ4v) is 2.61. The Hall–Kier alpha value is -2.39. The van der Waals surface area contributed by atoms with Gasteiger partial charge in [-0.25, -0.2) is 4.98 Å². The van der Waals surface area contributed by atoms with E-state index in [0.717, 1.165) is 22.0 Å². The lowest BCUT2D eigenvalue weighted by atomic mass is 10.1. The van der Waals surface area contributed by atoms with E-state index in [1.807, 2.05) is 61.5 Å². The minimum absolute atomic E-state index is 0.126. The lowest BCUT2D eigenvalue weighted by Crippen LogP contribution is -2.09. The van der Waals surface area contributed by atoms with Gasteiger partial charge < -0.3 is 4.74 Å². The van der Waals surface area contributed by atoms with Crippen molar-refractivity contribution in [2.45, 2.75) is 20.0 Å². The molecule has 0 aliphatic carbocycles. The Morgan fingerprint density at radius 3 is 2.65 bits per heavy atom. The number of esters is 1.